The van der Waals surface area contributed by atoms with Gasteiger partial charge in [0.25, 0.3) is 0 Å². The summed E-state index contributed by atoms with van der Waals surface area (Å²) >= 11 is 0. The van der Waals surface area contributed by atoms with E-state index in [4.69, 9.17) is 0 Å². The van der Waals surface area contributed by atoms with E-state index in [2.05, 4.69) is 15.5 Å². The summed E-state index contributed by atoms with van der Waals surface area (Å²) in [6, 6.07) is 0. The Balaban J connectivity index is 0.000000845. The molecule has 1 saturated heterocycles. The average molecular weight is 203 g/mol. The Morgan fingerprint density at radius 2 is 2.15 bits per heavy atom. The van der Waals surface area contributed by atoms with Crippen LogP contribution in [0, 0.1) is 5.92 Å². The van der Waals surface area contributed by atoms with Crippen LogP contribution in [0.5, 0.6) is 0 Å². The van der Waals surface area contributed by atoms with Crippen LogP contribution in [0.4, 0.5) is 0 Å². The van der Waals surface area contributed by atoms with Gasteiger partial charge in [0.2, 0.25) is 0 Å². The fraction of sp³-hybridized carbons (Fsp3) is 0.750. The van der Waals surface area contributed by atoms with Crippen LogP contribution in [0.3, 0.4) is 0 Å². The molecule has 1 aliphatic heterocycles. The van der Waals surface area contributed by atoms with E-state index in [0.717, 1.165) is 13.1 Å². The maximum Gasteiger partial charge on any atom is 0.0693 e. The van der Waals surface area contributed by atoms with Crippen LogP contribution in [0.25, 0.3) is 0 Å². The minimum Gasteiger partial charge on any atom is -0.316 e. The molecule has 0 saturated carbocycles. The number of rotatable bonds is 2. The number of hydrogen-bond acceptors (Lipinski definition) is 3. The highest BCUT2D eigenvalue weighted by molar-refractivity contribution is 5.85. The molecule has 0 aromatic carbocycles. The lowest BCUT2D eigenvalue weighted by Crippen LogP contribution is -2.32. The highest BCUT2D eigenvalue weighted by atomic mass is 35.5. The van der Waals surface area contributed by atoms with Crippen LogP contribution in [-0.2, 0) is 6.54 Å². The van der Waals surface area contributed by atoms with Gasteiger partial charge in [0.15, 0.2) is 0 Å². The van der Waals surface area contributed by atoms with Gasteiger partial charge >= 0.3 is 0 Å². The van der Waals surface area contributed by atoms with Crippen LogP contribution in [0.2, 0.25) is 0 Å². The smallest absolute Gasteiger partial charge is 0.0693 e. The zero-order valence-electron chi connectivity index (χ0n) is 7.52. The standard InChI is InChI=1S/C8H14N4.ClH/c1-2-8(6-9-3-1)7-12-10-4-5-11-12;/h4-5,8-9H,1-3,6-7H2;1H. The van der Waals surface area contributed by atoms with Gasteiger partial charge in [-0.25, -0.2) is 0 Å². The third-order valence-electron chi connectivity index (χ3n) is 2.29. The molecule has 0 aliphatic carbocycles. The van der Waals surface area contributed by atoms with E-state index in [0.29, 0.717) is 5.92 Å². The molecule has 1 fully saturated rings. The van der Waals surface area contributed by atoms with Crippen LogP contribution in [0.1, 0.15) is 12.8 Å². The lowest BCUT2D eigenvalue weighted by molar-refractivity contribution is 0.309. The summed E-state index contributed by atoms with van der Waals surface area (Å²) in [6.07, 6.45) is 6.05. The molecule has 74 valence electrons. The summed E-state index contributed by atoms with van der Waals surface area (Å²) in [5, 5.41) is 11.6. The first-order valence-corrected chi connectivity index (χ1v) is 4.50. The number of nitrogens with zero attached hydrogens (tertiary/aromatic N) is 3. The quantitative estimate of drug-likeness (QED) is 0.768. The molecular formula is C8H15ClN4. The van der Waals surface area contributed by atoms with Gasteiger partial charge in [-0.15, -0.1) is 12.4 Å². The topological polar surface area (TPSA) is 42.7 Å². The summed E-state index contributed by atoms with van der Waals surface area (Å²) in [5.74, 6) is 0.714. The fourth-order valence-electron chi connectivity index (χ4n) is 1.65. The van der Waals surface area contributed by atoms with E-state index in [1.807, 2.05) is 0 Å². The number of hydrogen-bond donors (Lipinski definition) is 1. The molecule has 0 bridgehead atoms. The molecule has 2 heterocycles. The van der Waals surface area contributed by atoms with Crippen LogP contribution < -0.4 is 5.32 Å². The highest BCUT2D eigenvalue weighted by Crippen LogP contribution is 2.10. The van der Waals surface area contributed by atoms with Gasteiger partial charge < -0.3 is 5.32 Å². The summed E-state index contributed by atoms with van der Waals surface area (Å²) in [6.45, 7) is 3.24. The zero-order chi connectivity index (χ0) is 8.23. The van der Waals surface area contributed by atoms with Crippen molar-refractivity contribution < 1.29 is 0 Å². The van der Waals surface area contributed by atoms with Crippen molar-refractivity contribution in [1.82, 2.24) is 20.3 Å². The molecule has 13 heavy (non-hydrogen) atoms. The maximum absolute atomic E-state index is 4.09. The second-order valence-electron chi connectivity index (χ2n) is 3.30. The Kier molecular flexibility index (Phi) is 4.18. The van der Waals surface area contributed by atoms with Crippen molar-refractivity contribution >= 4 is 12.4 Å². The molecule has 1 aromatic rings. The maximum atomic E-state index is 4.09. The molecule has 1 aromatic heterocycles. The van der Waals surface area contributed by atoms with Gasteiger partial charge in [-0.05, 0) is 31.8 Å². The van der Waals surface area contributed by atoms with Gasteiger partial charge in [0.1, 0.15) is 0 Å². The summed E-state index contributed by atoms with van der Waals surface area (Å²) in [5.41, 5.74) is 0. The SMILES string of the molecule is Cl.c1cnn(CC2CCCNC2)n1. The predicted molar refractivity (Wildman–Crippen MR) is 52.9 cm³/mol. The van der Waals surface area contributed by atoms with Gasteiger partial charge in [0.05, 0.1) is 18.9 Å². The van der Waals surface area contributed by atoms with E-state index in [1.165, 1.54) is 19.4 Å². The summed E-state index contributed by atoms with van der Waals surface area (Å²) < 4.78 is 0. The molecule has 1 atom stereocenters. The molecule has 0 radical (unpaired) electrons. The van der Waals surface area contributed by atoms with Crippen molar-refractivity contribution in [1.29, 1.82) is 0 Å². The predicted octanol–water partition coefficient (Wildman–Crippen LogP) is 0.699. The van der Waals surface area contributed by atoms with Crippen molar-refractivity contribution in [3.05, 3.63) is 12.4 Å². The number of halogens is 1. The Morgan fingerprint density at radius 3 is 2.77 bits per heavy atom. The zero-order valence-corrected chi connectivity index (χ0v) is 8.33. The molecule has 4 nitrogen and oxygen atoms in total. The fourth-order valence-corrected chi connectivity index (χ4v) is 1.65. The van der Waals surface area contributed by atoms with Gasteiger partial charge in [-0.2, -0.15) is 15.0 Å². The normalized spacial score (nSPS) is 22.3. The Hall–Kier alpha value is -0.610. The Bertz CT molecular complexity index is 218. The number of nitrogens with one attached hydrogen (secondary N) is 1. The van der Waals surface area contributed by atoms with Crippen LogP contribution >= 0.6 is 12.4 Å². The van der Waals surface area contributed by atoms with Crippen molar-refractivity contribution in [2.45, 2.75) is 19.4 Å². The third-order valence-corrected chi connectivity index (χ3v) is 2.29. The minimum atomic E-state index is 0. The van der Waals surface area contributed by atoms with Crippen molar-refractivity contribution in [2.75, 3.05) is 13.1 Å². The van der Waals surface area contributed by atoms with Gasteiger partial charge in [0, 0.05) is 0 Å². The van der Waals surface area contributed by atoms with E-state index in [9.17, 15) is 0 Å². The second kappa shape index (κ2) is 5.19. The van der Waals surface area contributed by atoms with Crippen molar-refractivity contribution in [2.24, 2.45) is 5.92 Å². The average Bonchev–Trinajstić information content (AvgIpc) is 2.59. The lowest BCUT2D eigenvalue weighted by Gasteiger charge is -2.21. The molecule has 1 N–H and O–H groups in total. The van der Waals surface area contributed by atoms with E-state index >= 15 is 0 Å². The second-order valence-corrected chi connectivity index (χ2v) is 3.30. The van der Waals surface area contributed by atoms with E-state index in [1.54, 1.807) is 17.2 Å². The van der Waals surface area contributed by atoms with Gasteiger partial charge in [-0.3, -0.25) is 0 Å². The molecule has 0 amide bonds. The number of piperidine rings is 1. The first-order valence-electron chi connectivity index (χ1n) is 4.50. The largest absolute Gasteiger partial charge is 0.316 e. The first-order chi connectivity index (χ1) is 5.95. The molecule has 1 unspecified atom stereocenters. The van der Waals surface area contributed by atoms with E-state index in [-0.39, 0.29) is 12.4 Å². The molecule has 1 aliphatic rings. The molecule has 2 rings (SSSR count). The third kappa shape index (κ3) is 2.97. The molecule has 5 heteroatoms. The first kappa shape index (κ1) is 10.5. The minimum absolute atomic E-state index is 0. The van der Waals surface area contributed by atoms with Crippen LogP contribution in [-0.4, -0.2) is 28.1 Å². The lowest BCUT2D eigenvalue weighted by atomic mass is 10.0. The molecular weight excluding hydrogens is 188 g/mol. The monoisotopic (exact) mass is 202 g/mol. The Labute approximate surface area is 84.1 Å². The van der Waals surface area contributed by atoms with Gasteiger partial charge in [-0.1, -0.05) is 0 Å². The summed E-state index contributed by atoms with van der Waals surface area (Å²) in [4.78, 5) is 1.78. The van der Waals surface area contributed by atoms with Crippen molar-refractivity contribution in [3.8, 4) is 0 Å². The van der Waals surface area contributed by atoms with Crippen LogP contribution in [0.15, 0.2) is 12.4 Å². The number of aromatic nitrogens is 3. The highest BCUT2D eigenvalue weighted by Gasteiger charge is 2.13. The summed E-state index contributed by atoms with van der Waals surface area (Å²) in [7, 11) is 0. The van der Waals surface area contributed by atoms with Crippen molar-refractivity contribution in [3.63, 3.8) is 0 Å². The molecule has 0 spiro atoms. The van der Waals surface area contributed by atoms with E-state index < -0.39 is 0 Å². The Morgan fingerprint density at radius 1 is 1.38 bits per heavy atom.